The van der Waals surface area contributed by atoms with E-state index in [1.54, 1.807) is 43.4 Å². The lowest BCUT2D eigenvalue weighted by molar-refractivity contribution is 0.0864. The Bertz CT molecular complexity index is 547. The largest absolute Gasteiger partial charge is 0.493 e. The summed E-state index contributed by atoms with van der Waals surface area (Å²) in [5.41, 5.74) is 0.133. The molecule has 1 atom stereocenters. The molecule has 2 aromatic heterocycles. The number of pyridine rings is 1. The first-order chi connectivity index (χ1) is 8.98. The third kappa shape index (κ3) is 2.33. The fourth-order valence-electron chi connectivity index (χ4n) is 2.14. The van der Waals surface area contributed by atoms with Gasteiger partial charge in [-0.2, -0.15) is 5.10 Å². The summed E-state index contributed by atoms with van der Waals surface area (Å²) < 4.78 is 7.09. The number of hydrogen-bond donors (Lipinski definition) is 1. The molecular formula is C14H19N3O2. The van der Waals surface area contributed by atoms with Gasteiger partial charge in [0, 0.05) is 24.0 Å². The van der Waals surface area contributed by atoms with E-state index in [0.717, 1.165) is 0 Å². The van der Waals surface area contributed by atoms with Crippen molar-refractivity contribution < 1.29 is 9.84 Å². The van der Waals surface area contributed by atoms with Gasteiger partial charge in [0.05, 0.1) is 13.3 Å². The van der Waals surface area contributed by atoms with Crippen LogP contribution in [0.1, 0.15) is 38.1 Å². The molecule has 2 rings (SSSR count). The second-order valence-corrected chi connectivity index (χ2v) is 4.91. The average molecular weight is 261 g/mol. The zero-order chi connectivity index (χ0) is 14.0. The molecule has 2 heterocycles. The van der Waals surface area contributed by atoms with Gasteiger partial charge in [0.15, 0.2) is 5.75 Å². The average Bonchev–Trinajstić information content (AvgIpc) is 2.84. The number of ether oxygens (including phenoxy) is 1. The predicted molar refractivity (Wildman–Crippen MR) is 72.1 cm³/mol. The summed E-state index contributed by atoms with van der Waals surface area (Å²) in [6.45, 7) is 5.74. The zero-order valence-electron chi connectivity index (χ0n) is 11.7. The first-order valence-electron chi connectivity index (χ1n) is 6.23. The van der Waals surface area contributed by atoms with Crippen LogP contribution >= 0.6 is 0 Å². The molecule has 0 aliphatic rings. The Balaban J connectivity index is 2.59. The van der Waals surface area contributed by atoms with Crippen molar-refractivity contribution in [2.75, 3.05) is 7.11 Å². The van der Waals surface area contributed by atoms with Crippen LogP contribution < -0.4 is 4.74 Å². The SMILES string of the molecule is COc1cnn(C(C)C)c1C(C)(O)c1cccnc1. The molecule has 0 spiro atoms. The lowest BCUT2D eigenvalue weighted by atomic mass is 9.93. The van der Waals surface area contributed by atoms with Gasteiger partial charge < -0.3 is 9.84 Å². The molecule has 1 unspecified atom stereocenters. The topological polar surface area (TPSA) is 60.2 Å². The van der Waals surface area contributed by atoms with E-state index in [4.69, 9.17) is 4.74 Å². The van der Waals surface area contributed by atoms with E-state index in [0.29, 0.717) is 17.0 Å². The van der Waals surface area contributed by atoms with Gasteiger partial charge >= 0.3 is 0 Å². The van der Waals surface area contributed by atoms with Gasteiger partial charge in [0.2, 0.25) is 0 Å². The molecule has 19 heavy (non-hydrogen) atoms. The molecule has 5 nitrogen and oxygen atoms in total. The van der Waals surface area contributed by atoms with Crippen molar-refractivity contribution in [3.05, 3.63) is 42.0 Å². The van der Waals surface area contributed by atoms with Crippen molar-refractivity contribution in [3.63, 3.8) is 0 Å². The Kier molecular flexibility index (Phi) is 3.57. The standard InChI is InChI=1S/C14H19N3O2/c1-10(2)17-13(12(19-4)9-16-17)14(3,18)11-6-5-7-15-8-11/h5-10,18H,1-4H3. The fourth-order valence-corrected chi connectivity index (χ4v) is 2.14. The Hall–Kier alpha value is -1.88. The highest BCUT2D eigenvalue weighted by molar-refractivity contribution is 5.38. The number of hydrogen-bond acceptors (Lipinski definition) is 4. The first kappa shape index (κ1) is 13.5. The highest BCUT2D eigenvalue weighted by Crippen LogP contribution is 2.36. The van der Waals surface area contributed by atoms with Gasteiger partial charge in [-0.3, -0.25) is 9.67 Å². The van der Waals surface area contributed by atoms with Crippen LogP contribution in [0.4, 0.5) is 0 Å². The van der Waals surface area contributed by atoms with Crippen LogP contribution in [0.5, 0.6) is 5.75 Å². The third-order valence-electron chi connectivity index (χ3n) is 3.16. The normalized spacial score (nSPS) is 14.4. The second kappa shape index (κ2) is 5.01. The molecule has 0 saturated carbocycles. The lowest BCUT2D eigenvalue weighted by Crippen LogP contribution is -2.28. The molecule has 0 aliphatic carbocycles. The number of nitrogens with zero attached hydrogens (tertiary/aromatic N) is 3. The van der Waals surface area contributed by atoms with Gasteiger partial charge in [-0.05, 0) is 26.8 Å². The van der Waals surface area contributed by atoms with Crippen LogP contribution in [0.15, 0.2) is 30.7 Å². The highest BCUT2D eigenvalue weighted by atomic mass is 16.5. The van der Waals surface area contributed by atoms with E-state index < -0.39 is 5.60 Å². The van der Waals surface area contributed by atoms with Crippen molar-refractivity contribution in [2.45, 2.75) is 32.4 Å². The van der Waals surface area contributed by atoms with Gasteiger partial charge in [0.25, 0.3) is 0 Å². The number of rotatable bonds is 4. The molecular weight excluding hydrogens is 242 g/mol. The Morgan fingerprint density at radius 2 is 2.11 bits per heavy atom. The molecule has 2 aromatic rings. The molecule has 0 saturated heterocycles. The minimum absolute atomic E-state index is 0.127. The van der Waals surface area contributed by atoms with Crippen LogP contribution in [0.2, 0.25) is 0 Å². The van der Waals surface area contributed by atoms with Crippen molar-refractivity contribution in [1.29, 1.82) is 0 Å². The summed E-state index contributed by atoms with van der Waals surface area (Å²) in [5, 5.41) is 15.2. The second-order valence-electron chi connectivity index (χ2n) is 4.91. The summed E-state index contributed by atoms with van der Waals surface area (Å²) in [6.07, 6.45) is 4.95. The van der Waals surface area contributed by atoms with Crippen molar-refractivity contribution in [1.82, 2.24) is 14.8 Å². The van der Waals surface area contributed by atoms with E-state index in [1.807, 2.05) is 19.9 Å². The fraction of sp³-hybridized carbons (Fsp3) is 0.429. The monoisotopic (exact) mass is 261 g/mol. The minimum atomic E-state index is -1.21. The summed E-state index contributed by atoms with van der Waals surface area (Å²) in [5.74, 6) is 0.572. The smallest absolute Gasteiger partial charge is 0.163 e. The van der Waals surface area contributed by atoms with Gasteiger partial charge in [-0.1, -0.05) is 6.07 Å². The van der Waals surface area contributed by atoms with Crippen LogP contribution in [-0.4, -0.2) is 27.0 Å². The Morgan fingerprint density at radius 3 is 2.63 bits per heavy atom. The van der Waals surface area contributed by atoms with E-state index in [-0.39, 0.29) is 6.04 Å². The number of aliphatic hydroxyl groups is 1. The summed E-state index contributed by atoms with van der Waals surface area (Å²) in [6, 6.07) is 3.76. The molecule has 0 aromatic carbocycles. The van der Waals surface area contributed by atoms with Gasteiger partial charge in [-0.25, -0.2) is 0 Å². The van der Waals surface area contributed by atoms with Crippen molar-refractivity contribution in [3.8, 4) is 5.75 Å². The summed E-state index contributed by atoms with van der Waals surface area (Å²) in [4.78, 5) is 4.06. The molecule has 5 heteroatoms. The van der Waals surface area contributed by atoms with Crippen LogP contribution in [0.3, 0.4) is 0 Å². The number of methoxy groups -OCH3 is 1. The summed E-state index contributed by atoms with van der Waals surface area (Å²) in [7, 11) is 1.57. The van der Waals surface area contributed by atoms with Crippen molar-refractivity contribution in [2.24, 2.45) is 0 Å². The van der Waals surface area contributed by atoms with E-state index >= 15 is 0 Å². The molecule has 0 fully saturated rings. The predicted octanol–water partition coefficient (Wildman–Crippen LogP) is 2.12. The van der Waals surface area contributed by atoms with Crippen LogP contribution in [0, 0.1) is 0 Å². The van der Waals surface area contributed by atoms with E-state index in [2.05, 4.69) is 10.1 Å². The third-order valence-corrected chi connectivity index (χ3v) is 3.16. The van der Waals surface area contributed by atoms with Crippen LogP contribution in [0.25, 0.3) is 0 Å². The quantitative estimate of drug-likeness (QED) is 0.915. The maximum atomic E-state index is 10.9. The Labute approximate surface area is 112 Å². The lowest BCUT2D eigenvalue weighted by Gasteiger charge is -2.26. The first-order valence-corrected chi connectivity index (χ1v) is 6.23. The molecule has 102 valence electrons. The van der Waals surface area contributed by atoms with Gasteiger partial charge in [-0.15, -0.1) is 0 Å². The summed E-state index contributed by atoms with van der Waals surface area (Å²) >= 11 is 0. The van der Waals surface area contributed by atoms with E-state index in [1.165, 1.54) is 0 Å². The van der Waals surface area contributed by atoms with E-state index in [9.17, 15) is 5.11 Å². The maximum Gasteiger partial charge on any atom is 0.163 e. The number of aromatic nitrogens is 3. The van der Waals surface area contributed by atoms with Crippen molar-refractivity contribution >= 4 is 0 Å². The minimum Gasteiger partial charge on any atom is -0.493 e. The Morgan fingerprint density at radius 1 is 1.37 bits per heavy atom. The molecule has 0 bridgehead atoms. The molecule has 0 amide bonds. The molecule has 0 radical (unpaired) electrons. The van der Waals surface area contributed by atoms with Gasteiger partial charge in [0.1, 0.15) is 11.3 Å². The van der Waals surface area contributed by atoms with Crippen LogP contribution in [-0.2, 0) is 5.60 Å². The highest BCUT2D eigenvalue weighted by Gasteiger charge is 2.34. The maximum absolute atomic E-state index is 10.9. The molecule has 0 aliphatic heterocycles. The zero-order valence-corrected chi connectivity index (χ0v) is 11.7. The molecule has 1 N–H and O–H groups in total.